The Morgan fingerprint density at radius 1 is 0.968 bits per heavy atom. The van der Waals surface area contributed by atoms with Crippen molar-refractivity contribution in [3.8, 4) is 16.9 Å². The zero-order valence-corrected chi connectivity index (χ0v) is 18.0. The first-order chi connectivity index (χ1) is 15.2. The van der Waals surface area contributed by atoms with Crippen LogP contribution in [0.1, 0.15) is 5.56 Å². The van der Waals surface area contributed by atoms with Crippen LogP contribution >= 0.6 is 11.6 Å². The Labute approximate surface area is 187 Å². The van der Waals surface area contributed by atoms with Crippen molar-refractivity contribution in [2.24, 2.45) is 0 Å². The van der Waals surface area contributed by atoms with Crippen LogP contribution in [0.2, 0.25) is 5.02 Å². The van der Waals surface area contributed by atoms with Gasteiger partial charge in [0.15, 0.2) is 6.61 Å². The van der Waals surface area contributed by atoms with Crippen LogP contribution in [0.3, 0.4) is 0 Å². The fourth-order valence-electron chi connectivity index (χ4n) is 3.48. The van der Waals surface area contributed by atoms with Gasteiger partial charge < -0.3 is 14.8 Å². The first kappa shape index (κ1) is 21.4. The molecule has 4 rings (SSSR count). The molecule has 1 aliphatic heterocycles. The minimum Gasteiger partial charge on any atom is -0.482 e. The lowest BCUT2D eigenvalue weighted by Gasteiger charge is -2.26. The highest BCUT2D eigenvalue weighted by atomic mass is 35.5. The van der Waals surface area contributed by atoms with Crippen molar-refractivity contribution in [3.63, 3.8) is 0 Å². The van der Waals surface area contributed by atoms with Gasteiger partial charge in [0.2, 0.25) is 0 Å². The van der Waals surface area contributed by atoms with Crippen LogP contribution < -0.4 is 10.1 Å². The number of amides is 1. The highest BCUT2D eigenvalue weighted by Crippen LogP contribution is 2.30. The zero-order chi connectivity index (χ0) is 21.5. The third kappa shape index (κ3) is 6.07. The number of anilines is 1. The number of carbonyl (C=O) groups is 1. The Kier molecular flexibility index (Phi) is 7.20. The minimum atomic E-state index is -0.232. The van der Waals surface area contributed by atoms with Crippen molar-refractivity contribution in [3.05, 3.63) is 83.4 Å². The largest absolute Gasteiger partial charge is 0.482 e. The van der Waals surface area contributed by atoms with Gasteiger partial charge in [0, 0.05) is 25.3 Å². The van der Waals surface area contributed by atoms with Crippen molar-refractivity contribution in [2.75, 3.05) is 38.2 Å². The highest BCUT2D eigenvalue weighted by molar-refractivity contribution is 6.32. The van der Waals surface area contributed by atoms with Crippen molar-refractivity contribution >= 4 is 23.2 Å². The van der Waals surface area contributed by atoms with Crippen molar-refractivity contribution < 1.29 is 14.3 Å². The molecular weight excluding hydrogens is 412 g/mol. The molecule has 0 spiro atoms. The van der Waals surface area contributed by atoms with Gasteiger partial charge >= 0.3 is 0 Å². The van der Waals surface area contributed by atoms with Gasteiger partial charge in [-0.25, -0.2) is 0 Å². The van der Waals surface area contributed by atoms with E-state index in [0.29, 0.717) is 10.8 Å². The Hall–Kier alpha value is -2.86. The third-order valence-electron chi connectivity index (χ3n) is 5.15. The normalized spacial score (nSPS) is 14.2. The lowest BCUT2D eigenvalue weighted by Crippen LogP contribution is -2.35. The Bertz CT molecular complexity index is 1000. The molecule has 31 heavy (non-hydrogen) atoms. The number of rotatable bonds is 7. The molecule has 1 N–H and O–H groups in total. The van der Waals surface area contributed by atoms with Gasteiger partial charge in [-0.3, -0.25) is 9.69 Å². The van der Waals surface area contributed by atoms with Gasteiger partial charge in [-0.15, -0.1) is 0 Å². The van der Waals surface area contributed by atoms with Crippen molar-refractivity contribution in [1.29, 1.82) is 0 Å². The van der Waals surface area contributed by atoms with Gasteiger partial charge in [-0.1, -0.05) is 60.1 Å². The van der Waals surface area contributed by atoms with E-state index in [4.69, 9.17) is 21.1 Å². The second-order valence-electron chi connectivity index (χ2n) is 7.43. The van der Waals surface area contributed by atoms with Gasteiger partial charge in [0.25, 0.3) is 5.91 Å². The molecule has 1 aliphatic rings. The monoisotopic (exact) mass is 436 g/mol. The maximum absolute atomic E-state index is 12.3. The average Bonchev–Trinajstić information content (AvgIpc) is 2.81. The number of hydrogen-bond acceptors (Lipinski definition) is 4. The summed E-state index contributed by atoms with van der Waals surface area (Å²) < 4.78 is 11.0. The van der Waals surface area contributed by atoms with E-state index in [2.05, 4.69) is 10.2 Å². The van der Waals surface area contributed by atoms with E-state index in [1.165, 1.54) is 5.56 Å². The first-order valence-electron chi connectivity index (χ1n) is 10.3. The summed E-state index contributed by atoms with van der Waals surface area (Å²) in [7, 11) is 0. The van der Waals surface area contributed by atoms with Gasteiger partial charge in [0.1, 0.15) is 5.75 Å². The fraction of sp³-hybridized carbons (Fsp3) is 0.240. The molecule has 6 heteroatoms. The topological polar surface area (TPSA) is 50.8 Å². The number of ether oxygens (including phenoxy) is 2. The van der Waals surface area contributed by atoms with Crippen LogP contribution in [0.15, 0.2) is 72.8 Å². The summed E-state index contributed by atoms with van der Waals surface area (Å²) in [4.78, 5) is 14.6. The van der Waals surface area contributed by atoms with Crippen LogP contribution in [0, 0.1) is 0 Å². The number of nitrogens with zero attached hydrogens (tertiary/aromatic N) is 1. The lowest BCUT2D eigenvalue weighted by atomic mass is 10.1. The van der Waals surface area contributed by atoms with Gasteiger partial charge in [-0.2, -0.15) is 0 Å². The summed E-state index contributed by atoms with van der Waals surface area (Å²) in [5.74, 6) is 0.251. The molecule has 1 fully saturated rings. The lowest BCUT2D eigenvalue weighted by molar-refractivity contribution is -0.118. The van der Waals surface area contributed by atoms with Crippen LogP contribution in [0.25, 0.3) is 11.1 Å². The predicted molar refractivity (Wildman–Crippen MR) is 124 cm³/mol. The number of carbonyl (C=O) groups excluding carboxylic acids is 1. The molecule has 0 aliphatic carbocycles. The van der Waals surface area contributed by atoms with E-state index in [1.807, 2.05) is 66.7 Å². The quantitative estimate of drug-likeness (QED) is 0.574. The number of benzene rings is 3. The highest BCUT2D eigenvalue weighted by Gasteiger charge is 2.11. The molecule has 0 unspecified atom stereocenters. The number of morpholine rings is 1. The van der Waals surface area contributed by atoms with Crippen molar-refractivity contribution in [2.45, 2.75) is 6.54 Å². The molecule has 3 aromatic carbocycles. The molecular formula is C25H25ClN2O3. The molecule has 3 aromatic rings. The first-order valence-corrected chi connectivity index (χ1v) is 10.7. The molecule has 0 radical (unpaired) electrons. The second-order valence-corrected chi connectivity index (χ2v) is 7.84. The summed E-state index contributed by atoms with van der Waals surface area (Å²) in [6, 6.07) is 23.4. The molecule has 0 atom stereocenters. The van der Waals surface area contributed by atoms with Gasteiger partial charge in [-0.05, 0) is 41.0 Å². The fourth-order valence-corrected chi connectivity index (χ4v) is 3.71. The molecule has 1 saturated heterocycles. The Morgan fingerprint density at radius 2 is 1.71 bits per heavy atom. The zero-order valence-electron chi connectivity index (χ0n) is 17.2. The number of halogens is 1. The molecule has 1 heterocycles. The van der Waals surface area contributed by atoms with E-state index < -0.39 is 0 Å². The summed E-state index contributed by atoms with van der Waals surface area (Å²) in [5, 5.41) is 3.33. The smallest absolute Gasteiger partial charge is 0.262 e. The molecule has 160 valence electrons. The maximum Gasteiger partial charge on any atom is 0.262 e. The predicted octanol–water partition coefficient (Wildman–Crippen LogP) is 4.86. The van der Waals surface area contributed by atoms with Crippen LogP contribution in [-0.4, -0.2) is 43.7 Å². The van der Waals surface area contributed by atoms with Crippen LogP contribution in [-0.2, 0) is 16.1 Å². The number of nitrogens with one attached hydrogen (secondary N) is 1. The Morgan fingerprint density at radius 3 is 2.42 bits per heavy atom. The maximum atomic E-state index is 12.3. The standard InChI is InChI=1S/C25H25ClN2O3/c26-23-16-21(20-4-2-1-3-5-20)8-11-24(23)31-18-25(29)27-22-9-6-19(7-10-22)17-28-12-14-30-15-13-28/h1-11,16H,12-15,17-18H2,(H,27,29). The van der Waals surface area contributed by atoms with E-state index >= 15 is 0 Å². The molecule has 5 nitrogen and oxygen atoms in total. The summed E-state index contributed by atoms with van der Waals surface area (Å²) >= 11 is 6.35. The molecule has 0 aromatic heterocycles. The third-order valence-corrected chi connectivity index (χ3v) is 5.44. The SMILES string of the molecule is O=C(COc1ccc(-c2ccccc2)cc1Cl)Nc1ccc(CN2CCOCC2)cc1. The van der Waals surface area contributed by atoms with Crippen LogP contribution in [0.4, 0.5) is 5.69 Å². The molecule has 0 saturated carbocycles. The second kappa shape index (κ2) is 10.4. The minimum absolute atomic E-state index is 0.111. The number of hydrogen-bond donors (Lipinski definition) is 1. The summed E-state index contributed by atoms with van der Waals surface area (Å²) in [5.41, 5.74) is 4.02. The van der Waals surface area contributed by atoms with E-state index in [9.17, 15) is 4.79 Å². The van der Waals surface area contributed by atoms with Gasteiger partial charge in [0.05, 0.1) is 18.2 Å². The summed E-state index contributed by atoms with van der Waals surface area (Å²) in [6.45, 7) is 4.24. The average molecular weight is 437 g/mol. The van der Waals surface area contributed by atoms with E-state index in [-0.39, 0.29) is 12.5 Å². The summed E-state index contributed by atoms with van der Waals surface area (Å²) in [6.07, 6.45) is 0. The molecule has 1 amide bonds. The van der Waals surface area contributed by atoms with E-state index in [1.54, 1.807) is 6.07 Å². The van der Waals surface area contributed by atoms with E-state index in [0.717, 1.165) is 49.7 Å². The molecule has 0 bridgehead atoms. The Balaban J connectivity index is 1.28. The van der Waals surface area contributed by atoms with Crippen LogP contribution in [0.5, 0.6) is 5.75 Å². The van der Waals surface area contributed by atoms with Crippen molar-refractivity contribution in [1.82, 2.24) is 4.90 Å².